The summed E-state index contributed by atoms with van der Waals surface area (Å²) in [5.74, 6) is 0.0511. The minimum absolute atomic E-state index is 0.0511. The molecule has 0 radical (unpaired) electrons. The van der Waals surface area contributed by atoms with E-state index in [1.54, 1.807) is 6.20 Å². The van der Waals surface area contributed by atoms with Crippen molar-refractivity contribution in [3.8, 4) is 0 Å². The van der Waals surface area contributed by atoms with Crippen molar-refractivity contribution >= 4 is 38.3 Å². The molecule has 0 saturated heterocycles. The Morgan fingerprint density at radius 1 is 1.30 bits per heavy atom. The quantitative estimate of drug-likeness (QED) is 0.774. The Hall–Kier alpha value is -1.20. The van der Waals surface area contributed by atoms with Gasteiger partial charge in [-0.15, -0.1) is 11.3 Å². The molecule has 5 heteroatoms. The second kappa shape index (κ2) is 7.55. The van der Waals surface area contributed by atoms with Gasteiger partial charge >= 0.3 is 0 Å². The van der Waals surface area contributed by atoms with Gasteiger partial charge in [-0.1, -0.05) is 28.1 Å². The first-order chi connectivity index (χ1) is 9.63. The molecule has 106 valence electrons. The number of halogens is 1. The number of hydrogen-bond donors (Lipinski definition) is 1. The van der Waals surface area contributed by atoms with E-state index in [0.717, 1.165) is 28.6 Å². The number of carbonyl (C=O) groups is 1. The van der Waals surface area contributed by atoms with Crippen molar-refractivity contribution in [3.05, 3.63) is 45.4 Å². The van der Waals surface area contributed by atoms with Crippen molar-refractivity contribution in [2.24, 2.45) is 0 Å². The summed E-state index contributed by atoms with van der Waals surface area (Å²) in [7, 11) is 0. The van der Waals surface area contributed by atoms with Crippen LogP contribution >= 0.6 is 27.3 Å². The predicted octanol–water partition coefficient (Wildman–Crippen LogP) is 4.57. The van der Waals surface area contributed by atoms with Crippen LogP contribution in [0.3, 0.4) is 0 Å². The summed E-state index contributed by atoms with van der Waals surface area (Å²) in [6.07, 6.45) is 5.25. The molecule has 0 saturated carbocycles. The maximum Gasteiger partial charge on any atom is 0.226 e. The molecule has 0 atom stereocenters. The Labute approximate surface area is 131 Å². The Bertz CT molecular complexity index is 566. The first-order valence-electron chi connectivity index (χ1n) is 6.60. The van der Waals surface area contributed by atoms with Crippen molar-refractivity contribution < 1.29 is 4.79 Å². The summed E-state index contributed by atoms with van der Waals surface area (Å²) in [6.45, 7) is 1.98. The smallest absolute Gasteiger partial charge is 0.226 e. The van der Waals surface area contributed by atoms with Crippen LogP contribution in [-0.2, 0) is 11.2 Å². The summed E-state index contributed by atoms with van der Waals surface area (Å²) >= 11 is 4.93. The summed E-state index contributed by atoms with van der Waals surface area (Å²) in [4.78, 5) is 17.0. The Kier molecular flexibility index (Phi) is 5.73. The number of aromatic nitrogens is 1. The van der Waals surface area contributed by atoms with E-state index in [1.807, 2.05) is 19.1 Å². The van der Waals surface area contributed by atoms with E-state index >= 15 is 0 Å². The molecule has 3 nitrogen and oxygen atoms in total. The highest BCUT2D eigenvalue weighted by Gasteiger charge is 2.05. The van der Waals surface area contributed by atoms with Gasteiger partial charge in [0, 0.05) is 22.0 Å². The number of carbonyl (C=O) groups excluding carboxylic acids is 1. The second-order valence-corrected chi connectivity index (χ2v) is 6.81. The van der Waals surface area contributed by atoms with E-state index in [0.29, 0.717) is 11.6 Å². The van der Waals surface area contributed by atoms with Gasteiger partial charge in [0.05, 0.1) is 0 Å². The van der Waals surface area contributed by atoms with Crippen molar-refractivity contribution in [1.82, 2.24) is 4.98 Å². The maximum atomic E-state index is 11.7. The van der Waals surface area contributed by atoms with Gasteiger partial charge in [0.1, 0.15) is 0 Å². The molecule has 0 bridgehead atoms. The van der Waals surface area contributed by atoms with Crippen molar-refractivity contribution in [2.45, 2.75) is 32.6 Å². The zero-order valence-electron chi connectivity index (χ0n) is 11.4. The van der Waals surface area contributed by atoms with E-state index in [9.17, 15) is 4.79 Å². The number of anilines is 1. The van der Waals surface area contributed by atoms with Gasteiger partial charge in [0.15, 0.2) is 5.13 Å². The number of nitrogens with zero attached hydrogens (tertiary/aromatic N) is 1. The van der Waals surface area contributed by atoms with Gasteiger partial charge in [-0.3, -0.25) is 4.79 Å². The molecule has 0 aliphatic heterocycles. The molecule has 1 amide bonds. The number of thiazole rings is 1. The molecule has 1 aromatic carbocycles. The highest BCUT2D eigenvalue weighted by atomic mass is 79.9. The second-order valence-electron chi connectivity index (χ2n) is 4.66. The Morgan fingerprint density at radius 3 is 2.70 bits per heavy atom. The van der Waals surface area contributed by atoms with Gasteiger partial charge in [0.25, 0.3) is 0 Å². The molecule has 20 heavy (non-hydrogen) atoms. The average Bonchev–Trinajstić information content (AvgIpc) is 2.82. The lowest BCUT2D eigenvalue weighted by atomic mass is 10.1. The first kappa shape index (κ1) is 15.2. The van der Waals surface area contributed by atoms with Gasteiger partial charge < -0.3 is 5.32 Å². The number of benzene rings is 1. The lowest BCUT2D eigenvalue weighted by Crippen LogP contribution is -2.10. The molecule has 2 rings (SSSR count). The third-order valence-corrected chi connectivity index (χ3v) is 4.26. The van der Waals surface area contributed by atoms with Crippen molar-refractivity contribution in [2.75, 3.05) is 5.32 Å². The van der Waals surface area contributed by atoms with Crippen LogP contribution in [0.5, 0.6) is 0 Å². The van der Waals surface area contributed by atoms with Crippen LogP contribution in [0.25, 0.3) is 0 Å². The average molecular weight is 353 g/mol. The molecule has 1 aromatic heterocycles. The third kappa shape index (κ3) is 5.06. The number of unbranched alkanes of at least 4 members (excludes halogenated alkanes) is 1. The topological polar surface area (TPSA) is 42.0 Å². The van der Waals surface area contributed by atoms with Crippen molar-refractivity contribution in [3.63, 3.8) is 0 Å². The molecule has 1 heterocycles. The fraction of sp³-hybridized carbons (Fsp3) is 0.333. The van der Waals surface area contributed by atoms with Crippen molar-refractivity contribution in [1.29, 1.82) is 0 Å². The molecule has 0 fully saturated rings. The Morgan fingerprint density at radius 2 is 2.05 bits per heavy atom. The lowest BCUT2D eigenvalue weighted by Gasteiger charge is -2.03. The molecule has 0 aliphatic rings. The van der Waals surface area contributed by atoms with E-state index in [-0.39, 0.29) is 5.91 Å². The fourth-order valence-electron chi connectivity index (χ4n) is 1.86. The van der Waals surface area contributed by atoms with E-state index in [1.165, 1.54) is 16.9 Å². The van der Waals surface area contributed by atoms with E-state index in [2.05, 4.69) is 38.4 Å². The number of rotatable bonds is 6. The van der Waals surface area contributed by atoms with Crippen LogP contribution in [0.15, 0.2) is 34.9 Å². The number of aryl methyl sites for hydroxylation is 2. The zero-order valence-corrected chi connectivity index (χ0v) is 13.8. The molecule has 2 aromatic rings. The summed E-state index contributed by atoms with van der Waals surface area (Å²) in [6, 6.07) is 8.32. The molecule has 0 spiro atoms. The minimum Gasteiger partial charge on any atom is -0.302 e. The maximum absolute atomic E-state index is 11.7. The summed E-state index contributed by atoms with van der Waals surface area (Å²) in [5.41, 5.74) is 1.31. The molecular formula is C15H17BrN2OS. The predicted molar refractivity (Wildman–Crippen MR) is 87.2 cm³/mol. The molecule has 0 aliphatic carbocycles. The number of hydrogen-bond acceptors (Lipinski definition) is 3. The zero-order chi connectivity index (χ0) is 14.4. The Balaban J connectivity index is 1.65. The highest BCUT2D eigenvalue weighted by Crippen LogP contribution is 2.17. The normalized spacial score (nSPS) is 10.5. The summed E-state index contributed by atoms with van der Waals surface area (Å²) in [5, 5.41) is 3.53. The van der Waals surface area contributed by atoms with Crippen LogP contribution < -0.4 is 5.32 Å². The van der Waals surface area contributed by atoms with Crippen LogP contribution in [-0.4, -0.2) is 10.9 Å². The van der Waals surface area contributed by atoms with Gasteiger partial charge in [-0.2, -0.15) is 0 Å². The summed E-state index contributed by atoms with van der Waals surface area (Å²) < 4.78 is 1.10. The molecular weight excluding hydrogens is 336 g/mol. The highest BCUT2D eigenvalue weighted by molar-refractivity contribution is 9.10. The largest absolute Gasteiger partial charge is 0.302 e. The fourth-order valence-corrected chi connectivity index (χ4v) is 2.81. The monoisotopic (exact) mass is 352 g/mol. The lowest BCUT2D eigenvalue weighted by molar-refractivity contribution is -0.116. The number of nitrogens with one attached hydrogen (secondary N) is 1. The standard InChI is InChI=1S/C15H17BrN2OS/c1-11-10-17-15(20-11)18-14(19)5-3-2-4-12-6-8-13(16)9-7-12/h6-10H,2-5H2,1H3,(H,17,18,19). The first-order valence-corrected chi connectivity index (χ1v) is 8.21. The van der Waals surface area contributed by atoms with Crippen LogP contribution in [0.1, 0.15) is 29.7 Å². The van der Waals surface area contributed by atoms with Crippen LogP contribution in [0.4, 0.5) is 5.13 Å². The van der Waals surface area contributed by atoms with Gasteiger partial charge in [-0.05, 0) is 43.9 Å². The molecule has 1 N–H and O–H groups in total. The van der Waals surface area contributed by atoms with Gasteiger partial charge in [-0.25, -0.2) is 4.98 Å². The van der Waals surface area contributed by atoms with E-state index in [4.69, 9.17) is 0 Å². The van der Waals surface area contributed by atoms with E-state index < -0.39 is 0 Å². The van der Waals surface area contributed by atoms with Gasteiger partial charge in [0.2, 0.25) is 5.91 Å². The van der Waals surface area contributed by atoms with Crippen LogP contribution in [0, 0.1) is 6.92 Å². The SMILES string of the molecule is Cc1cnc(NC(=O)CCCCc2ccc(Br)cc2)s1. The van der Waals surface area contributed by atoms with Crippen LogP contribution in [0.2, 0.25) is 0 Å². The minimum atomic E-state index is 0.0511. The third-order valence-electron chi connectivity index (χ3n) is 2.90. The number of amides is 1. The molecule has 0 unspecified atom stereocenters.